The molecule has 2 rings (SSSR count). The van der Waals surface area contributed by atoms with E-state index in [1.54, 1.807) is 0 Å². The second kappa shape index (κ2) is 7.60. The van der Waals surface area contributed by atoms with E-state index in [1.165, 1.54) is 33.5 Å². The summed E-state index contributed by atoms with van der Waals surface area (Å²) in [5, 5.41) is 0. The van der Waals surface area contributed by atoms with Gasteiger partial charge in [-0.3, -0.25) is 20.4 Å². The van der Waals surface area contributed by atoms with Crippen LogP contribution in [0.15, 0.2) is 12.1 Å². The first kappa shape index (κ1) is 18.8. The largest absolute Gasteiger partial charge is 0.496 e. The van der Waals surface area contributed by atoms with E-state index in [4.69, 9.17) is 14.2 Å². The number of hydrogen-bond acceptors (Lipinski definition) is 7. The third-order valence-corrected chi connectivity index (χ3v) is 5.62. The van der Waals surface area contributed by atoms with Crippen LogP contribution in [0.3, 0.4) is 0 Å². The Bertz CT molecular complexity index is 776. The number of methoxy groups -OCH3 is 3. The normalized spacial score (nSPS) is 18.3. The van der Waals surface area contributed by atoms with Crippen molar-refractivity contribution < 1.29 is 32.2 Å². The van der Waals surface area contributed by atoms with Crippen LogP contribution in [-0.4, -0.2) is 53.1 Å². The molecule has 0 saturated carbocycles. The van der Waals surface area contributed by atoms with Crippen molar-refractivity contribution in [1.82, 2.24) is 10.9 Å². The molecule has 1 fully saturated rings. The Balaban J connectivity index is 2.09. The highest BCUT2D eigenvalue weighted by molar-refractivity contribution is 7.91. The molecule has 1 atom stereocenters. The maximum atomic E-state index is 12.3. The molecule has 0 spiro atoms. The Kier molecular flexibility index (Phi) is 5.73. The number of amides is 2. The SMILES string of the molecule is COc1cc(OC)c(C(=O)NNC(=O)[C@H]2CCS(=O)(=O)C2)cc1OC. The summed E-state index contributed by atoms with van der Waals surface area (Å²) in [5.41, 5.74) is 4.63. The van der Waals surface area contributed by atoms with Crippen molar-refractivity contribution in [3.05, 3.63) is 17.7 Å². The fourth-order valence-corrected chi connectivity index (χ4v) is 4.24. The van der Waals surface area contributed by atoms with Crippen molar-refractivity contribution >= 4 is 21.7 Å². The number of rotatable bonds is 5. The number of carbonyl (C=O) groups excluding carboxylic acids is 2. The predicted molar refractivity (Wildman–Crippen MR) is 88.5 cm³/mol. The van der Waals surface area contributed by atoms with E-state index in [1.807, 2.05) is 0 Å². The van der Waals surface area contributed by atoms with Crippen molar-refractivity contribution in [1.29, 1.82) is 0 Å². The number of hydrazine groups is 1. The van der Waals surface area contributed by atoms with Crippen LogP contribution >= 0.6 is 0 Å². The van der Waals surface area contributed by atoms with E-state index in [9.17, 15) is 18.0 Å². The van der Waals surface area contributed by atoms with E-state index in [-0.39, 0.29) is 29.2 Å². The fourth-order valence-electron chi connectivity index (χ4n) is 2.50. The number of hydrogen-bond donors (Lipinski definition) is 2. The Morgan fingerprint density at radius 1 is 1.00 bits per heavy atom. The summed E-state index contributed by atoms with van der Waals surface area (Å²) in [4.78, 5) is 24.3. The van der Waals surface area contributed by atoms with E-state index in [2.05, 4.69) is 10.9 Å². The number of nitrogens with one attached hydrogen (secondary N) is 2. The lowest BCUT2D eigenvalue weighted by atomic mass is 10.1. The van der Waals surface area contributed by atoms with Gasteiger partial charge in [0.1, 0.15) is 5.75 Å². The molecule has 1 saturated heterocycles. The van der Waals surface area contributed by atoms with Gasteiger partial charge in [-0.05, 0) is 6.42 Å². The molecule has 2 amide bonds. The summed E-state index contributed by atoms with van der Waals surface area (Å²) in [6, 6.07) is 2.90. The average molecular weight is 372 g/mol. The van der Waals surface area contributed by atoms with Crippen molar-refractivity contribution in [2.45, 2.75) is 6.42 Å². The lowest BCUT2D eigenvalue weighted by Crippen LogP contribution is -2.45. The van der Waals surface area contributed by atoms with Crippen LogP contribution < -0.4 is 25.1 Å². The highest BCUT2D eigenvalue weighted by Crippen LogP contribution is 2.34. The Morgan fingerprint density at radius 3 is 2.12 bits per heavy atom. The van der Waals surface area contributed by atoms with Crippen LogP contribution in [0.5, 0.6) is 17.2 Å². The Hall–Kier alpha value is -2.49. The summed E-state index contributed by atoms with van der Waals surface area (Å²) in [6.45, 7) is 0. The first-order valence-corrected chi connectivity index (χ1v) is 9.24. The minimum absolute atomic E-state index is 0.0253. The summed E-state index contributed by atoms with van der Waals surface area (Å²) in [5.74, 6) is -1.15. The molecule has 0 radical (unpaired) electrons. The van der Waals surface area contributed by atoms with Gasteiger partial charge in [0.25, 0.3) is 5.91 Å². The molecule has 0 bridgehead atoms. The highest BCUT2D eigenvalue weighted by atomic mass is 32.2. The van der Waals surface area contributed by atoms with Gasteiger partial charge in [-0.15, -0.1) is 0 Å². The first-order chi connectivity index (χ1) is 11.8. The monoisotopic (exact) mass is 372 g/mol. The smallest absolute Gasteiger partial charge is 0.273 e. The Morgan fingerprint density at radius 2 is 1.60 bits per heavy atom. The third-order valence-electron chi connectivity index (χ3n) is 3.85. The van der Waals surface area contributed by atoms with E-state index in [0.29, 0.717) is 11.5 Å². The summed E-state index contributed by atoms with van der Waals surface area (Å²) in [6.07, 6.45) is 0.240. The highest BCUT2D eigenvalue weighted by Gasteiger charge is 2.33. The molecule has 2 N–H and O–H groups in total. The van der Waals surface area contributed by atoms with Gasteiger partial charge in [0.15, 0.2) is 21.3 Å². The minimum atomic E-state index is -3.18. The molecule has 0 unspecified atom stereocenters. The number of ether oxygens (including phenoxy) is 3. The van der Waals surface area contributed by atoms with Crippen LogP contribution in [0.25, 0.3) is 0 Å². The van der Waals surface area contributed by atoms with Gasteiger partial charge >= 0.3 is 0 Å². The topological polar surface area (TPSA) is 120 Å². The van der Waals surface area contributed by atoms with Gasteiger partial charge in [-0.2, -0.15) is 0 Å². The molecular formula is C15H20N2O7S. The summed E-state index contributed by atoms with van der Waals surface area (Å²) in [7, 11) is 1.08. The van der Waals surface area contributed by atoms with Gasteiger partial charge in [-0.25, -0.2) is 8.42 Å². The van der Waals surface area contributed by atoms with Crippen LogP contribution in [0, 0.1) is 5.92 Å². The van der Waals surface area contributed by atoms with Gasteiger partial charge in [0, 0.05) is 12.1 Å². The molecule has 138 valence electrons. The quantitative estimate of drug-likeness (QED) is 0.693. The van der Waals surface area contributed by atoms with Crippen LogP contribution in [0.2, 0.25) is 0 Å². The molecule has 0 aromatic heterocycles. The lowest BCUT2D eigenvalue weighted by molar-refractivity contribution is -0.125. The molecule has 0 aliphatic carbocycles. The number of carbonyl (C=O) groups is 2. The number of sulfone groups is 1. The zero-order valence-corrected chi connectivity index (χ0v) is 14.9. The van der Waals surface area contributed by atoms with Gasteiger partial charge in [0.2, 0.25) is 5.91 Å². The standard InChI is InChI=1S/C15H20N2O7S/c1-22-11-7-13(24-3)12(23-2)6-10(11)15(19)17-16-14(18)9-4-5-25(20,21)8-9/h6-7,9H,4-5,8H2,1-3H3,(H,16,18)(H,17,19)/t9-/m0/s1. The van der Waals surface area contributed by atoms with E-state index in [0.717, 1.165) is 0 Å². The zero-order valence-electron chi connectivity index (χ0n) is 14.1. The molecule has 9 nitrogen and oxygen atoms in total. The van der Waals surface area contributed by atoms with Crippen molar-refractivity contribution in [3.63, 3.8) is 0 Å². The summed E-state index contributed by atoms with van der Waals surface area (Å²) >= 11 is 0. The predicted octanol–water partition coefficient (Wildman–Crippen LogP) is -0.0919. The van der Waals surface area contributed by atoms with E-state index < -0.39 is 27.6 Å². The van der Waals surface area contributed by atoms with Crippen molar-refractivity contribution in [3.8, 4) is 17.2 Å². The van der Waals surface area contributed by atoms with Crippen molar-refractivity contribution in [2.75, 3.05) is 32.8 Å². The van der Waals surface area contributed by atoms with Crippen molar-refractivity contribution in [2.24, 2.45) is 5.92 Å². The molecule has 1 heterocycles. The average Bonchev–Trinajstić information content (AvgIpc) is 2.97. The molecule has 1 aromatic rings. The molecule has 1 aromatic carbocycles. The third kappa shape index (κ3) is 4.32. The molecule has 10 heteroatoms. The van der Waals surface area contributed by atoms with Gasteiger partial charge in [0.05, 0.1) is 44.3 Å². The molecule has 1 aliphatic rings. The minimum Gasteiger partial charge on any atom is -0.496 e. The first-order valence-electron chi connectivity index (χ1n) is 7.42. The summed E-state index contributed by atoms with van der Waals surface area (Å²) < 4.78 is 38.3. The molecule has 25 heavy (non-hydrogen) atoms. The number of benzene rings is 1. The second-order valence-electron chi connectivity index (χ2n) is 5.45. The lowest BCUT2D eigenvalue weighted by Gasteiger charge is -2.15. The zero-order chi connectivity index (χ0) is 18.6. The Labute approximate surface area is 145 Å². The second-order valence-corrected chi connectivity index (χ2v) is 7.68. The maximum Gasteiger partial charge on any atom is 0.273 e. The maximum absolute atomic E-state index is 12.3. The van der Waals surface area contributed by atoms with Gasteiger partial charge < -0.3 is 14.2 Å². The van der Waals surface area contributed by atoms with Crippen LogP contribution in [-0.2, 0) is 14.6 Å². The molecule has 1 aliphatic heterocycles. The van der Waals surface area contributed by atoms with Gasteiger partial charge in [-0.1, -0.05) is 0 Å². The molecular weight excluding hydrogens is 352 g/mol. The van der Waals surface area contributed by atoms with Crippen LogP contribution in [0.4, 0.5) is 0 Å². The fraction of sp³-hybridized carbons (Fsp3) is 0.467. The van der Waals surface area contributed by atoms with E-state index >= 15 is 0 Å². The van der Waals surface area contributed by atoms with Crippen LogP contribution in [0.1, 0.15) is 16.8 Å².